The van der Waals surface area contributed by atoms with E-state index in [1.54, 1.807) is 4.90 Å². The molecule has 0 aromatic rings. The molecule has 1 fully saturated rings. The third-order valence-electron chi connectivity index (χ3n) is 2.62. The SMILES string of the molecule is C[C@H]1CN(C(=O)CN=[N+]=[N-])C[C@@H]1CO. The van der Waals surface area contributed by atoms with E-state index in [1.807, 2.05) is 6.92 Å². The quantitative estimate of drug-likeness (QED) is 0.403. The Morgan fingerprint density at radius 2 is 2.43 bits per heavy atom. The van der Waals surface area contributed by atoms with E-state index in [4.69, 9.17) is 10.6 Å². The van der Waals surface area contributed by atoms with Crippen LogP contribution < -0.4 is 0 Å². The Bertz CT molecular complexity index is 262. The molecule has 1 saturated heterocycles. The third kappa shape index (κ3) is 2.37. The Kier molecular flexibility index (Phi) is 3.73. The van der Waals surface area contributed by atoms with Gasteiger partial charge in [-0.3, -0.25) is 4.79 Å². The highest BCUT2D eigenvalue weighted by Gasteiger charge is 2.31. The summed E-state index contributed by atoms with van der Waals surface area (Å²) in [5.41, 5.74) is 8.06. The van der Waals surface area contributed by atoms with Crippen LogP contribution in [-0.4, -0.2) is 42.2 Å². The van der Waals surface area contributed by atoms with Crippen LogP contribution in [0, 0.1) is 11.8 Å². The van der Waals surface area contributed by atoms with Crippen LogP contribution in [0.5, 0.6) is 0 Å². The molecule has 1 amide bonds. The molecule has 1 heterocycles. The molecule has 0 aliphatic carbocycles. The van der Waals surface area contributed by atoms with E-state index < -0.39 is 0 Å². The number of hydrogen-bond donors (Lipinski definition) is 1. The molecule has 0 radical (unpaired) electrons. The molecule has 0 aromatic heterocycles. The third-order valence-corrected chi connectivity index (χ3v) is 2.62. The highest BCUT2D eigenvalue weighted by molar-refractivity contribution is 5.78. The fourth-order valence-corrected chi connectivity index (χ4v) is 1.67. The van der Waals surface area contributed by atoms with Gasteiger partial charge in [0.15, 0.2) is 0 Å². The van der Waals surface area contributed by atoms with Gasteiger partial charge in [0, 0.05) is 30.5 Å². The number of aliphatic hydroxyl groups excluding tert-OH is 1. The number of azide groups is 1. The molecule has 6 heteroatoms. The van der Waals surface area contributed by atoms with Gasteiger partial charge in [-0.1, -0.05) is 12.0 Å². The molecule has 0 bridgehead atoms. The maximum absolute atomic E-state index is 11.4. The van der Waals surface area contributed by atoms with Gasteiger partial charge in [0.05, 0.1) is 0 Å². The molecule has 6 nitrogen and oxygen atoms in total. The molecule has 1 rings (SSSR count). The van der Waals surface area contributed by atoms with Crippen molar-refractivity contribution in [1.29, 1.82) is 0 Å². The number of aliphatic hydroxyl groups is 1. The number of hydrogen-bond acceptors (Lipinski definition) is 3. The monoisotopic (exact) mass is 198 g/mol. The summed E-state index contributed by atoms with van der Waals surface area (Å²) in [6.07, 6.45) is 0. The zero-order valence-electron chi connectivity index (χ0n) is 8.13. The summed E-state index contributed by atoms with van der Waals surface area (Å²) in [4.78, 5) is 15.6. The first-order valence-corrected chi connectivity index (χ1v) is 4.58. The summed E-state index contributed by atoms with van der Waals surface area (Å²) in [5.74, 6) is 0.311. The molecule has 14 heavy (non-hydrogen) atoms. The average Bonchev–Trinajstić information content (AvgIpc) is 2.56. The molecule has 0 unspecified atom stereocenters. The van der Waals surface area contributed by atoms with Crippen LogP contribution in [0.3, 0.4) is 0 Å². The van der Waals surface area contributed by atoms with Crippen molar-refractivity contribution in [1.82, 2.24) is 4.90 Å². The number of carbonyl (C=O) groups excluding carboxylic acids is 1. The Morgan fingerprint density at radius 1 is 1.71 bits per heavy atom. The molecule has 0 spiro atoms. The van der Waals surface area contributed by atoms with Gasteiger partial charge in [-0.25, -0.2) is 0 Å². The van der Waals surface area contributed by atoms with Gasteiger partial charge < -0.3 is 10.0 Å². The predicted molar refractivity (Wildman–Crippen MR) is 50.3 cm³/mol. The highest BCUT2D eigenvalue weighted by atomic mass is 16.3. The van der Waals surface area contributed by atoms with Gasteiger partial charge in [0.1, 0.15) is 6.54 Å². The Morgan fingerprint density at radius 3 is 2.93 bits per heavy atom. The smallest absolute Gasteiger partial charge is 0.228 e. The van der Waals surface area contributed by atoms with E-state index in [9.17, 15) is 4.79 Å². The van der Waals surface area contributed by atoms with Crippen molar-refractivity contribution in [3.05, 3.63) is 10.4 Å². The Hall–Kier alpha value is -1.26. The van der Waals surface area contributed by atoms with E-state index in [0.29, 0.717) is 19.0 Å². The van der Waals surface area contributed by atoms with Crippen molar-refractivity contribution < 1.29 is 9.90 Å². The largest absolute Gasteiger partial charge is 0.396 e. The second-order valence-electron chi connectivity index (χ2n) is 3.61. The van der Waals surface area contributed by atoms with Gasteiger partial charge in [-0.05, 0) is 11.4 Å². The van der Waals surface area contributed by atoms with E-state index in [0.717, 1.165) is 0 Å². The molecular formula is C8H14N4O2. The van der Waals surface area contributed by atoms with Crippen LogP contribution in [0.1, 0.15) is 6.92 Å². The maximum Gasteiger partial charge on any atom is 0.228 e. The van der Waals surface area contributed by atoms with Crippen molar-refractivity contribution in [2.45, 2.75) is 6.92 Å². The fourth-order valence-electron chi connectivity index (χ4n) is 1.67. The minimum Gasteiger partial charge on any atom is -0.396 e. The molecular weight excluding hydrogens is 184 g/mol. The maximum atomic E-state index is 11.4. The lowest BCUT2D eigenvalue weighted by atomic mass is 10.00. The van der Waals surface area contributed by atoms with Gasteiger partial charge in [-0.2, -0.15) is 0 Å². The van der Waals surface area contributed by atoms with Gasteiger partial charge in [0.2, 0.25) is 5.91 Å². The summed E-state index contributed by atoms with van der Waals surface area (Å²) in [5, 5.41) is 12.2. The van der Waals surface area contributed by atoms with Crippen LogP contribution in [-0.2, 0) is 4.79 Å². The van der Waals surface area contributed by atoms with E-state index >= 15 is 0 Å². The topological polar surface area (TPSA) is 89.3 Å². The first kappa shape index (κ1) is 10.8. The first-order chi connectivity index (χ1) is 6.69. The zero-order chi connectivity index (χ0) is 10.6. The second kappa shape index (κ2) is 4.83. The normalized spacial score (nSPS) is 26.0. The molecule has 2 atom stereocenters. The fraction of sp³-hybridized carbons (Fsp3) is 0.875. The van der Waals surface area contributed by atoms with Crippen LogP contribution in [0.4, 0.5) is 0 Å². The summed E-state index contributed by atoms with van der Waals surface area (Å²) in [6.45, 7) is 3.19. The van der Waals surface area contributed by atoms with Gasteiger partial charge >= 0.3 is 0 Å². The van der Waals surface area contributed by atoms with Crippen LogP contribution in [0.15, 0.2) is 5.11 Å². The van der Waals surface area contributed by atoms with E-state index in [2.05, 4.69) is 10.0 Å². The Balaban J connectivity index is 2.48. The van der Waals surface area contributed by atoms with E-state index in [-0.39, 0.29) is 25.0 Å². The zero-order valence-corrected chi connectivity index (χ0v) is 8.13. The number of rotatable bonds is 3. The summed E-state index contributed by atoms with van der Waals surface area (Å²) in [6, 6.07) is 0. The standard InChI is InChI=1S/C8H14N4O2/c1-6-3-12(4-7(6)5-13)8(14)2-10-11-9/h6-7,13H,2-5H2,1H3/t6-,7+/m0/s1. The molecule has 0 aromatic carbocycles. The van der Waals surface area contributed by atoms with Crippen LogP contribution >= 0.6 is 0 Å². The van der Waals surface area contributed by atoms with Crippen molar-refractivity contribution >= 4 is 5.91 Å². The van der Waals surface area contributed by atoms with Crippen LogP contribution in [0.2, 0.25) is 0 Å². The molecule has 1 aliphatic rings. The summed E-state index contributed by atoms with van der Waals surface area (Å²) in [7, 11) is 0. The first-order valence-electron chi connectivity index (χ1n) is 4.58. The number of nitrogens with zero attached hydrogens (tertiary/aromatic N) is 4. The second-order valence-corrected chi connectivity index (χ2v) is 3.61. The van der Waals surface area contributed by atoms with Crippen molar-refractivity contribution in [3.8, 4) is 0 Å². The molecule has 0 saturated carbocycles. The average molecular weight is 198 g/mol. The van der Waals surface area contributed by atoms with Crippen molar-refractivity contribution in [2.24, 2.45) is 17.0 Å². The number of likely N-dealkylation sites (tertiary alicyclic amines) is 1. The minimum absolute atomic E-state index is 0.104. The van der Waals surface area contributed by atoms with Crippen molar-refractivity contribution in [3.63, 3.8) is 0 Å². The lowest BCUT2D eigenvalue weighted by molar-refractivity contribution is -0.128. The predicted octanol–water partition coefficient (Wildman–Crippen LogP) is 0.384. The van der Waals surface area contributed by atoms with Crippen LogP contribution in [0.25, 0.3) is 10.4 Å². The van der Waals surface area contributed by atoms with Gasteiger partial charge in [-0.15, -0.1) is 0 Å². The van der Waals surface area contributed by atoms with Gasteiger partial charge in [0.25, 0.3) is 0 Å². The Labute approximate surface area is 82.1 Å². The molecule has 1 aliphatic heterocycles. The summed E-state index contributed by atoms with van der Waals surface area (Å²) < 4.78 is 0. The van der Waals surface area contributed by atoms with Crippen molar-refractivity contribution in [2.75, 3.05) is 26.2 Å². The molecule has 78 valence electrons. The number of amides is 1. The summed E-state index contributed by atoms with van der Waals surface area (Å²) >= 11 is 0. The minimum atomic E-state index is -0.161. The highest BCUT2D eigenvalue weighted by Crippen LogP contribution is 2.22. The lowest BCUT2D eigenvalue weighted by Gasteiger charge is -2.14. The van der Waals surface area contributed by atoms with E-state index in [1.165, 1.54) is 0 Å². The lowest BCUT2D eigenvalue weighted by Crippen LogP contribution is -2.30. The number of carbonyl (C=O) groups is 1. The molecule has 1 N–H and O–H groups in total.